The molecule has 0 radical (unpaired) electrons. The van der Waals surface area contributed by atoms with Crippen molar-refractivity contribution in [3.8, 4) is 17.4 Å². The van der Waals surface area contributed by atoms with E-state index >= 15 is 0 Å². The number of rotatable bonds is 8. The van der Waals surface area contributed by atoms with Crippen LogP contribution in [0, 0.1) is 13.8 Å². The summed E-state index contributed by atoms with van der Waals surface area (Å²) in [4.78, 5) is 20.7. The highest BCUT2D eigenvalue weighted by atomic mass is 32.3. The van der Waals surface area contributed by atoms with E-state index in [2.05, 4.69) is 15.3 Å². The average molecular weight is 558 g/mol. The lowest BCUT2D eigenvalue weighted by Gasteiger charge is -2.27. The van der Waals surface area contributed by atoms with Gasteiger partial charge in [0, 0.05) is 24.2 Å². The van der Waals surface area contributed by atoms with Crippen LogP contribution in [0.25, 0.3) is 0 Å². The predicted octanol–water partition coefficient (Wildman–Crippen LogP) is 3.99. The normalized spacial score (nSPS) is 15.4. The number of thiazole rings is 1. The maximum Gasteiger partial charge on any atom is 0.392 e. The average Bonchev–Trinajstić information content (AvgIpc) is 3.17. The molecule has 3 heterocycles. The van der Waals surface area contributed by atoms with Crippen molar-refractivity contribution in [1.29, 1.82) is 0 Å². The van der Waals surface area contributed by atoms with E-state index in [9.17, 15) is 26.4 Å². The van der Waals surface area contributed by atoms with Gasteiger partial charge < -0.3 is 19.0 Å². The number of pyridine rings is 1. The quantitative estimate of drug-likeness (QED) is 0.414. The van der Waals surface area contributed by atoms with Gasteiger partial charge in [0.25, 0.3) is 5.91 Å². The maximum atomic E-state index is 12.9. The third-order valence-electron chi connectivity index (χ3n) is 5.24. The monoisotopic (exact) mass is 557 g/mol. The fraction of sp³-hybridized carbons (Fsp3) is 0.348. The zero-order valence-electron chi connectivity index (χ0n) is 19.7. The molecule has 1 unspecified atom stereocenters. The molecule has 1 atom stereocenters. The lowest BCUT2D eigenvalue weighted by atomic mass is 10.0. The molecular formula is C23H22F3N3O6S2. The van der Waals surface area contributed by atoms with Crippen LogP contribution in [0.3, 0.4) is 0 Å². The van der Waals surface area contributed by atoms with Gasteiger partial charge in [-0.25, -0.2) is 9.97 Å². The number of alkyl halides is 3. The van der Waals surface area contributed by atoms with Gasteiger partial charge in [0.05, 0.1) is 35.3 Å². The zero-order chi connectivity index (χ0) is 26.8. The summed E-state index contributed by atoms with van der Waals surface area (Å²) in [7, 11) is -4.13. The van der Waals surface area contributed by atoms with Crippen molar-refractivity contribution in [2.75, 3.05) is 13.2 Å². The highest BCUT2D eigenvalue weighted by Gasteiger charge is 2.29. The molecule has 9 nitrogen and oxygen atoms in total. The van der Waals surface area contributed by atoms with Crippen LogP contribution in [0.1, 0.15) is 33.0 Å². The number of ether oxygens (including phenoxy) is 2. The maximum absolute atomic E-state index is 12.9. The highest BCUT2D eigenvalue weighted by molar-refractivity contribution is 7.89. The van der Waals surface area contributed by atoms with Gasteiger partial charge in [-0.05, 0) is 32.0 Å². The Morgan fingerprint density at radius 3 is 2.68 bits per heavy atom. The molecule has 0 bridgehead atoms. The summed E-state index contributed by atoms with van der Waals surface area (Å²) in [6.45, 7) is 2.84. The van der Waals surface area contributed by atoms with E-state index in [0.717, 1.165) is 11.3 Å². The Bertz CT molecular complexity index is 1390. The van der Waals surface area contributed by atoms with E-state index in [1.807, 2.05) is 0 Å². The first-order valence-electron chi connectivity index (χ1n) is 11.0. The number of aromatic nitrogens is 2. The van der Waals surface area contributed by atoms with Crippen LogP contribution in [0.5, 0.6) is 17.4 Å². The lowest BCUT2D eigenvalue weighted by molar-refractivity contribution is -0.139. The van der Waals surface area contributed by atoms with E-state index in [1.165, 1.54) is 24.4 Å². The molecular weight excluding hydrogens is 535 g/mol. The summed E-state index contributed by atoms with van der Waals surface area (Å²) in [6, 6.07) is 6.96. The molecule has 1 aliphatic heterocycles. The van der Waals surface area contributed by atoms with Crippen LogP contribution in [0.4, 0.5) is 13.2 Å². The van der Waals surface area contributed by atoms with Crippen LogP contribution < -0.4 is 19.0 Å². The minimum atomic E-state index is -4.34. The molecule has 4 rings (SSSR count). The Balaban J connectivity index is 1.42. The predicted molar refractivity (Wildman–Crippen MR) is 127 cm³/mol. The van der Waals surface area contributed by atoms with Crippen molar-refractivity contribution in [2.45, 2.75) is 43.1 Å². The number of benzene rings is 1. The summed E-state index contributed by atoms with van der Waals surface area (Å²) in [6.07, 6.45) is -4.03. The molecule has 2 aromatic heterocycles. The number of aryl methyl sites for hydroxylation is 2. The van der Waals surface area contributed by atoms with E-state index < -0.39 is 41.3 Å². The Labute approximate surface area is 214 Å². The molecule has 0 aliphatic carbocycles. The number of carbonyl (C=O) groups excluding carboxylic acids is 1. The molecule has 37 heavy (non-hydrogen) atoms. The van der Waals surface area contributed by atoms with Crippen LogP contribution in [-0.4, -0.2) is 49.7 Å². The fourth-order valence-electron chi connectivity index (χ4n) is 3.59. The minimum absolute atomic E-state index is 0.0162. The molecule has 0 fully saturated rings. The summed E-state index contributed by atoms with van der Waals surface area (Å²) in [5, 5.41) is 3.38. The molecule has 1 N–H and O–H groups in total. The third kappa shape index (κ3) is 6.68. The second-order valence-electron chi connectivity index (χ2n) is 8.16. The van der Waals surface area contributed by atoms with Crippen molar-refractivity contribution < 1.29 is 40.0 Å². The molecule has 1 aromatic carbocycles. The first-order chi connectivity index (χ1) is 17.4. The molecule has 0 saturated heterocycles. The number of nitrogens with one attached hydrogen (secondary N) is 1. The number of fused-ring (bicyclic) bond motifs is 1. The Hall–Kier alpha value is -3.39. The number of halogens is 3. The van der Waals surface area contributed by atoms with Crippen molar-refractivity contribution >= 4 is 27.4 Å². The summed E-state index contributed by atoms with van der Waals surface area (Å²) in [5.41, 5.74) is 0.990. The van der Waals surface area contributed by atoms with Crippen LogP contribution >= 0.6 is 11.3 Å². The third-order valence-corrected chi connectivity index (χ3v) is 8.12. The Kier molecular flexibility index (Phi) is 7.59. The van der Waals surface area contributed by atoms with E-state index in [4.69, 9.17) is 13.7 Å². The number of carbonyl (C=O) groups is 1. The van der Waals surface area contributed by atoms with Gasteiger partial charge in [-0.2, -0.15) is 21.6 Å². The van der Waals surface area contributed by atoms with Gasteiger partial charge in [0.2, 0.25) is 5.88 Å². The fourth-order valence-corrected chi connectivity index (χ4v) is 5.98. The molecule has 14 heteroatoms. The van der Waals surface area contributed by atoms with Crippen LogP contribution in [0.2, 0.25) is 0 Å². The van der Waals surface area contributed by atoms with Gasteiger partial charge in [0.1, 0.15) is 18.1 Å². The highest BCUT2D eigenvalue weighted by Crippen LogP contribution is 2.35. The molecule has 1 amide bonds. The first-order valence-corrected chi connectivity index (χ1v) is 13.2. The van der Waals surface area contributed by atoms with E-state index in [1.54, 1.807) is 26.0 Å². The largest absolute Gasteiger partial charge is 0.491 e. The second kappa shape index (κ2) is 10.5. The minimum Gasteiger partial charge on any atom is -0.491 e. The molecule has 198 valence electrons. The lowest BCUT2D eigenvalue weighted by Crippen LogP contribution is -2.42. The number of hydrogen-bond acceptors (Lipinski definition) is 9. The van der Waals surface area contributed by atoms with E-state index in [-0.39, 0.29) is 34.4 Å². The summed E-state index contributed by atoms with van der Waals surface area (Å²) < 4.78 is 78.6. The topological polar surface area (TPSA) is 117 Å². The van der Waals surface area contributed by atoms with Crippen molar-refractivity contribution in [2.24, 2.45) is 0 Å². The molecule has 3 aromatic rings. The van der Waals surface area contributed by atoms with Gasteiger partial charge in [-0.15, -0.1) is 11.3 Å². The summed E-state index contributed by atoms with van der Waals surface area (Å²) in [5.74, 6) is -0.000343. The Morgan fingerprint density at radius 1 is 1.24 bits per heavy atom. The van der Waals surface area contributed by atoms with Gasteiger partial charge in [-0.1, -0.05) is 6.07 Å². The first kappa shape index (κ1) is 26.7. The van der Waals surface area contributed by atoms with Gasteiger partial charge in [-0.3, -0.25) is 4.79 Å². The van der Waals surface area contributed by atoms with Crippen molar-refractivity contribution in [3.63, 3.8) is 0 Å². The second-order valence-corrected chi connectivity index (χ2v) is 11.1. The zero-order valence-corrected chi connectivity index (χ0v) is 21.3. The molecule has 0 spiro atoms. The van der Waals surface area contributed by atoms with Crippen molar-refractivity contribution in [1.82, 2.24) is 15.3 Å². The van der Waals surface area contributed by atoms with Gasteiger partial charge in [0.15, 0.2) is 4.21 Å². The number of nitrogens with zero attached hydrogens (tertiary/aromatic N) is 2. The number of hydrogen-bond donors (Lipinski definition) is 1. The smallest absolute Gasteiger partial charge is 0.392 e. The SMILES string of the molecule is Cc1nc(C)c(S(=O)(=O)Oc2cccc3c2CC(NC(=O)c2ccc(OCCC(F)(F)F)nc2)CO3)s1. The van der Waals surface area contributed by atoms with Crippen molar-refractivity contribution in [3.05, 3.63) is 58.4 Å². The van der Waals surface area contributed by atoms with Crippen LogP contribution in [0.15, 0.2) is 40.7 Å². The standard InChI is InChI=1S/C23H22F3N3O6S2/c1-13-22(36-14(2)28-13)37(31,32)35-19-5-3-4-18-17(19)10-16(12-34-18)29-21(30)15-6-7-20(27-11-15)33-9-8-23(24,25)26/h3-7,11,16H,8-10,12H2,1-2H3,(H,29,30). The van der Waals surface area contributed by atoms with E-state index in [0.29, 0.717) is 22.0 Å². The summed E-state index contributed by atoms with van der Waals surface area (Å²) >= 11 is 1.01. The number of amides is 1. The van der Waals surface area contributed by atoms with Gasteiger partial charge >= 0.3 is 16.3 Å². The molecule has 0 saturated carbocycles. The molecule has 1 aliphatic rings. The Morgan fingerprint density at radius 2 is 2.03 bits per heavy atom. The van der Waals surface area contributed by atoms with Crippen LogP contribution in [-0.2, 0) is 16.5 Å².